The van der Waals surface area contributed by atoms with Crippen molar-refractivity contribution in [2.75, 3.05) is 18.4 Å². The van der Waals surface area contributed by atoms with Gasteiger partial charge in [0.15, 0.2) is 11.6 Å². The fraction of sp³-hybridized carbons (Fsp3) is 0.250. The number of hydrogen-bond donors (Lipinski definition) is 1. The van der Waals surface area contributed by atoms with Gasteiger partial charge in [-0.15, -0.1) is 0 Å². The monoisotopic (exact) mass is 405 g/mol. The number of likely N-dealkylation sites (tertiary alicyclic amines) is 1. The van der Waals surface area contributed by atoms with Crippen LogP contribution in [0.5, 0.6) is 11.5 Å². The number of rotatable bonds is 6. The predicted molar refractivity (Wildman–Crippen MR) is 114 cm³/mol. The van der Waals surface area contributed by atoms with Gasteiger partial charge >= 0.3 is 0 Å². The minimum Gasteiger partial charge on any atom is -0.454 e. The van der Waals surface area contributed by atoms with Crippen LogP contribution in [0.3, 0.4) is 0 Å². The number of nitrogens with zero attached hydrogens (tertiary/aromatic N) is 2. The Kier molecular flexibility index (Phi) is 6.35. The molecule has 0 radical (unpaired) electrons. The van der Waals surface area contributed by atoms with Crippen molar-refractivity contribution in [2.45, 2.75) is 19.4 Å². The number of piperidine rings is 1. The molecule has 0 aliphatic carbocycles. The smallest absolute Gasteiger partial charge is 0.227 e. The topological polar surface area (TPSA) is 54.5 Å². The SMILES string of the molecule is O=C(Nc1ccc(Oc2ccccc2F)cc1)C1CCN(Cc2ccncc2)CC1. The lowest BCUT2D eigenvalue weighted by Crippen LogP contribution is -2.37. The maximum Gasteiger partial charge on any atom is 0.227 e. The predicted octanol–water partition coefficient (Wildman–Crippen LogP) is 4.86. The highest BCUT2D eigenvalue weighted by molar-refractivity contribution is 5.92. The third-order valence-corrected chi connectivity index (χ3v) is 5.30. The molecular weight excluding hydrogens is 381 g/mol. The number of carbonyl (C=O) groups is 1. The number of ether oxygens (including phenoxy) is 1. The van der Waals surface area contributed by atoms with Crippen LogP contribution in [0.4, 0.5) is 10.1 Å². The second-order valence-corrected chi connectivity index (χ2v) is 7.45. The van der Waals surface area contributed by atoms with E-state index >= 15 is 0 Å². The van der Waals surface area contributed by atoms with Gasteiger partial charge in [-0.2, -0.15) is 0 Å². The van der Waals surface area contributed by atoms with Gasteiger partial charge in [-0.1, -0.05) is 12.1 Å². The molecule has 0 bridgehead atoms. The molecule has 2 heterocycles. The molecule has 1 aromatic heterocycles. The van der Waals surface area contributed by atoms with Gasteiger partial charge in [-0.05, 0) is 80.0 Å². The lowest BCUT2D eigenvalue weighted by Gasteiger charge is -2.31. The molecule has 154 valence electrons. The summed E-state index contributed by atoms with van der Waals surface area (Å²) in [6.07, 6.45) is 5.29. The fourth-order valence-electron chi connectivity index (χ4n) is 3.60. The van der Waals surface area contributed by atoms with Crippen molar-refractivity contribution in [2.24, 2.45) is 5.92 Å². The number of anilines is 1. The number of carbonyl (C=O) groups excluding carboxylic acids is 1. The van der Waals surface area contributed by atoms with E-state index in [2.05, 4.69) is 15.2 Å². The van der Waals surface area contributed by atoms with Gasteiger partial charge in [0.25, 0.3) is 0 Å². The number of amides is 1. The quantitative estimate of drug-likeness (QED) is 0.636. The molecule has 2 aromatic carbocycles. The second kappa shape index (κ2) is 9.50. The summed E-state index contributed by atoms with van der Waals surface area (Å²) in [6.45, 7) is 2.69. The highest BCUT2D eigenvalue weighted by atomic mass is 19.1. The van der Waals surface area contributed by atoms with Crippen LogP contribution in [0.25, 0.3) is 0 Å². The van der Waals surface area contributed by atoms with Crippen molar-refractivity contribution in [3.05, 3.63) is 84.4 Å². The van der Waals surface area contributed by atoms with Gasteiger partial charge in [0, 0.05) is 30.5 Å². The van der Waals surface area contributed by atoms with Crippen molar-refractivity contribution in [3.8, 4) is 11.5 Å². The summed E-state index contributed by atoms with van der Waals surface area (Å²) in [5.74, 6) is 0.329. The molecule has 5 nitrogen and oxygen atoms in total. The van der Waals surface area contributed by atoms with E-state index in [1.165, 1.54) is 11.6 Å². The summed E-state index contributed by atoms with van der Waals surface area (Å²) < 4.78 is 19.2. The molecular formula is C24H24FN3O2. The zero-order valence-electron chi connectivity index (χ0n) is 16.6. The molecule has 0 saturated carbocycles. The minimum atomic E-state index is -0.412. The number of aromatic nitrogens is 1. The van der Waals surface area contributed by atoms with Gasteiger partial charge < -0.3 is 10.1 Å². The first-order valence-corrected chi connectivity index (χ1v) is 10.1. The minimum absolute atomic E-state index is 0.00744. The van der Waals surface area contributed by atoms with E-state index in [1.54, 1.807) is 42.5 Å². The summed E-state index contributed by atoms with van der Waals surface area (Å²) in [4.78, 5) is 19.1. The normalized spacial score (nSPS) is 15.0. The van der Waals surface area contributed by atoms with Crippen LogP contribution < -0.4 is 10.1 Å². The van der Waals surface area contributed by atoms with E-state index in [0.717, 1.165) is 32.5 Å². The first-order chi connectivity index (χ1) is 14.7. The summed E-state index contributed by atoms with van der Waals surface area (Å²) in [7, 11) is 0. The molecule has 30 heavy (non-hydrogen) atoms. The van der Waals surface area contributed by atoms with Crippen molar-refractivity contribution < 1.29 is 13.9 Å². The molecule has 6 heteroatoms. The summed E-state index contributed by atoms with van der Waals surface area (Å²) in [6, 6.07) is 17.3. The van der Waals surface area contributed by atoms with E-state index in [9.17, 15) is 9.18 Å². The third kappa shape index (κ3) is 5.21. The lowest BCUT2D eigenvalue weighted by atomic mass is 9.95. The molecule has 1 fully saturated rings. The number of hydrogen-bond acceptors (Lipinski definition) is 4. The molecule has 1 amide bonds. The van der Waals surface area contributed by atoms with E-state index in [0.29, 0.717) is 11.4 Å². The molecule has 3 aromatic rings. The largest absolute Gasteiger partial charge is 0.454 e. The number of nitrogens with one attached hydrogen (secondary N) is 1. The number of para-hydroxylation sites is 1. The van der Waals surface area contributed by atoms with E-state index in [1.807, 2.05) is 24.5 Å². The maximum atomic E-state index is 13.7. The fourth-order valence-corrected chi connectivity index (χ4v) is 3.60. The third-order valence-electron chi connectivity index (χ3n) is 5.30. The van der Waals surface area contributed by atoms with Crippen LogP contribution >= 0.6 is 0 Å². The summed E-state index contributed by atoms with van der Waals surface area (Å²) in [5.41, 5.74) is 1.95. The zero-order valence-corrected chi connectivity index (χ0v) is 16.6. The highest BCUT2D eigenvalue weighted by Gasteiger charge is 2.25. The Balaban J connectivity index is 1.26. The van der Waals surface area contributed by atoms with E-state index in [-0.39, 0.29) is 17.6 Å². The summed E-state index contributed by atoms with van der Waals surface area (Å²) >= 11 is 0. The van der Waals surface area contributed by atoms with Crippen LogP contribution in [0.15, 0.2) is 73.1 Å². The molecule has 4 rings (SSSR count). The first-order valence-electron chi connectivity index (χ1n) is 10.1. The number of pyridine rings is 1. The van der Waals surface area contributed by atoms with E-state index < -0.39 is 5.82 Å². The van der Waals surface area contributed by atoms with Crippen molar-refractivity contribution >= 4 is 11.6 Å². The first kappa shape index (κ1) is 20.0. The van der Waals surface area contributed by atoms with Crippen LogP contribution in [-0.2, 0) is 11.3 Å². The Morgan fingerprint density at radius 1 is 1.03 bits per heavy atom. The van der Waals surface area contributed by atoms with Gasteiger partial charge in [-0.25, -0.2) is 4.39 Å². The molecule has 0 atom stereocenters. The zero-order chi connectivity index (χ0) is 20.8. The number of halogens is 1. The average molecular weight is 405 g/mol. The molecule has 1 aliphatic heterocycles. The van der Waals surface area contributed by atoms with Gasteiger partial charge in [-0.3, -0.25) is 14.7 Å². The Morgan fingerprint density at radius 3 is 2.43 bits per heavy atom. The van der Waals surface area contributed by atoms with E-state index in [4.69, 9.17) is 4.74 Å². The summed E-state index contributed by atoms with van der Waals surface area (Å²) in [5, 5.41) is 2.98. The Morgan fingerprint density at radius 2 is 1.73 bits per heavy atom. The van der Waals surface area contributed by atoms with Crippen LogP contribution in [-0.4, -0.2) is 28.9 Å². The molecule has 0 spiro atoms. The Hall–Kier alpha value is -3.25. The molecule has 1 aliphatic rings. The van der Waals surface area contributed by atoms with Crippen LogP contribution in [0.1, 0.15) is 18.4 Å². The van der Waals surface area contributed by atoms with Crippen LogP contribution in [0.2, 0.25) is 0 Å². The van der Waals surface area contributed by atoms with Gasteiger partial charge in [0.1, 0.15) is 5.75 Å². The van der Waals surface area contributed by atoms with Gasteiger partial charge in [0.2, 0.25) is 5.91 Å². The van der Waals surface area contributed by atoms with Crippen LogP contribution in [0, 0.1) is 11.7 Å². The molecule has 1 N–H and O–H groups in total. The van der Waals surface area contributed by atoms with Crippen molar-refractivity contribution in [1.82, 2.24) is 9.88 Å². The average Bonchev–Trinajstić information content (AvgIpc) is 2.78. The molecule has 1 saturated heterocycles. The maximum absolute atomic E-state index is 13.7. The van der Waals surface area contributed by atoms with Crippen molar-refractivity contribution in [1.29, 1.82) is 0 Å². The molecule has 0 unspecified atom stereocenters. The van der Waals surface area contributed by atoms with Crippen molar-refractivity contribution in [3.63, 3.8) is 0 Å². The second-order valence-electron chi connectivity index (χ2n) is 7.45. The lowest BCUT2D eigenvalue weighted by molar-refractivity contribution is -0.121. The Labute approximate surface area is 175 Å². The van der Waals surface area contributed by atoms with Gasteiger partial charge in [0.05, 0.1) is 0 Å². The number of benzene rings is 2. The highest BCUT2D eigenvalue weighted by Crippen LogP contribution is 2.26. The standard InChI is InChI=1S/C24H24FN3O2/c25-22-3-1-2-4-23(22)30-21-7-5-20(6-8-21)27-24(29)19-11-15-28(16-12-19)17-18-9-13-26-14-10-18/h1-10,13-14,19H,11-12,15-17H2,(H,27,29). The Bertz CT molecular complexity index is 971.